The molecule has 102 valence electrons. The SMILES string of the molecule is O=C(NC[C@H]1C[C@H]2CC[C@H]1C2)Nc1ccccc1F. The second-order valence-electron chi connectivity index (χ2n) is 5.75. The first kappa shape index (κ1) is 12.5. The van der Waals surface area contributed by atoms with Crippen LogP contribution in [-0.2, 0) is 0 Å². The van der Waals surface area contributed by atoms with Crippen molar-refractivity contribution >= 4 is 11.7 Å². The van der Waals surface area contributed by atoms with Gasteiger partial charge in [-0.15, -0.1) is 0 Å². The summed E-state index contributed by atoms with van der Waals surface area (Å²) in [6.45, 7) is 0.710. The summed E-state index contributed by atoms with van der Waals surface area (Å²) in [4.78, 5) is 11.7. The molecule has 3 atom stereocenters. The third-order valence-corrected chi connectivity index (χ3v) is 4.53. The van der Waals surface area contributed by atoms with E-state index in [2.05, 4.69) is 10.6 Å². The maximum atomic E-state index is 13.4. The molecular formula is C15H19FN2O. The summed E-state index contributed by atoms with van der Waals surface area (Å²) in [5.74, 6) is 1.88. The van der Waals surface area contributed by atoms with Crippen molar-refractivity contribution in [2.45, 2.75) is 25.7 Å². The average Bonchev–Trinajstić information content (AvgIpc) is 3.01. The number of hydrogen-bond acceptors (Lipinski definition) is 1. The van der Waals surface area contributed by atoms with E-state index in [4.69, 9.17) is 0 Å². The summed E-state index contributed by atoms with van der Waals surface area (Å²) in [5.41, 5.74) is 0.230. The van der Waals surface area contributed by atoms with E-state index in [0.717, 1.165) is 11.8 Å². The van der Waals surface area contributed by atoms with E-state index < -0.39 is 5.82 Å². The Balaban J connectivity index is 1.48. The van der Waals surface area contributed by atoms with Gasteiger partial charge in [-0.25, -0.2) is 9.18 Å². The van der Waals surface area contributed by atoms with Gasteiger partial charge in [0.05, 0.1) is 5.69 Å². The van der Waals surface area contributed by atoms with Gasteiger partial charge >= 0.3 is 6.03 Å². The van der Waals surface area contributed by atoms with Gasteiger partial charge in [-0.1, -0.05) is 18.6 Å². The van der Waals surface area contributed by atoms with Gasteiger partial charge in [-0.3, -0.25) is 0 Å². The number of para-hydroxylation sites is 1. The number of urea groups is 1. The van der Waals surface area contributed by atoms with Crippen molar-refractivity contribution < 1.29 is 9.18 Å². The largest absolute Gasteiger partial charge is 0.338 e. The number of nitrogens with one attached hydrogen (secondary N) is 2. The average molecular weight is 262 g/mol. The van der Waals surface area contributed by atoms with Crippen molar-refractivity contribution in [3.63, 3.8) is 0 Å². The van der Waals surface area contributed by atoms with Crippen molar-refractivity contribution in [3.8, 4) is 0 Å². The number of rotatable bonds is 3. The molecule has 2 amide bonds. The highest BCUT2D eigenvalue weighted by molar-refractivity contribution is 5.89. The topological polar surface area (TPSA) is 41.1 Å². The van der Waals surface area contributed by atoms with Crippen LogP contribution in [-0.4, -0.2) is 12.6 Å². The van der Waals surface area contributed by atoms with Crippen LogP contribution in [0.1, 0.15) is 25.7 Å². The molecule has 2 aliphatic rings. The number of halogens is 1. The van der Waals surface area contributed by atoms with Gasteiger partial charge in [0.15, 0.2) is 0 Å². The normalized spacial score (nSPS) is 28.4. The summed E-state index contributed by atoms with van der Waals surface area (Å²) in [7, 11) is 0. The first-order valence-corrected chi connectivity index (χ1v) is 7.02. The fourth-order valence-corrected chi connectivity index (χ4v) is 3.58. The van der Waals surface area contributed by atoms with Crippen LogP contribution in [0.25, 0.3) is 0 Å². The van der Waals surface area contributed by atoms with Crippen LogP contribution >= 0.6 is 0 Å². The van der Waals surface area contributed by atoms with E-state index in [1.807, 2.05) is 0 Å². The highest BCUT2D eigenvalue weighted by atomic mass is 19.1. The molecule has 0 saturated heterocycles. The molecule has 0 aliphatic heterocycles. The molecule has 0 aromatic heterocycles. The number of fused-ring (bicyclic) bond motifs is 2. The predicted octanol–water partition coefficient (Wildman–Crippen LogP) is 3.38. The van der Waals surface area contributed by atoms with Gasteiger partial charge in [0.1, 0.15) is 5.82 Å². The van der Waals surface area contributed by atoms with E-state index >= 15 is 0 Å². The van der Waals surface area contributed by atoms with E-state index in [-0.39, 0.29) is 11.7 Å². The molecule has 0 spiro atoms. The van der Waals surface area contributed by atoms with Crippen LogP contribution in [0.5, 0.6) is 0 Å². The van der Waals surface area contributed by atoms with Gasteiger partial charge in [-0.2, -0.15) is 0 Å². The molecule has 1 aromatic rings. The molecule has 2 saturated carbocycles. The molecule has 2 fully saturated rings. The number of carbonyl (C=O) groups excluding carboxylic acids is 1. The zero-order chi connectivity index (χ0) is 13.2. The fraction of sp³-hybridized carbons (Fsp3) is 0.533. The maximum Gasteiger partial charge on any atom is 0.319 e. The van der Waals surface area contributed by atoms with Gasteiger partial charge < -0.3 is 10.6 Å². The molecule has 0 radical (unpaired) electrons. The Morgan fingerprint density at radius 2 is 2.11 bits per heavy atom. The van der Waals surface area contributed by atoms with Gasteiger partial charge in [0, 0.05) is 6.54 Å². The lowest BCUT2D eigenvalue weighted by Gasteiger charge is -2.21. The van der Waals surface area contributed by atoms with Crippen LogP contribution in [0.4, 0.5) is 14.9 Å². The lowest BCUT2D eigenvalue weighted by Crippen LogP contribution is -2.34. The van der Waals surface area contributed by atoms with Crippen LogP contribution < -0.4 is 10.6 Å². The zero-order valence-electron chi connectivity index (χ0n) is 10.9. The predicted molar refractivity (Wildman–Crippen MR) is 72.4 cm³/mol. The molecule has 3 nitrogen and oxygen atoms in total. The molecule has 0 heterocycles. The first-order chi connectivity index (χ1) is 9.22. The molecule has 4 heteroatoms. The third-order valence-electron chi connectivity index (χ3n) is 4.53. The van der Waals surface area contributed by atoms with E-state index in [0.29, 0.717) is 12.5 Å². The zero-order valence-corrected chi connectivity index (χ0v) is 10.9. The minimum Gasteiger partial charge on any atom is -0.338 e. The molecule has 2 aliphatic carbocycles. The maximum absolute atomic E-state index is 13.4. The minimum atomic E-state index is -0.405. The lowest BCUT2D eigenvalue weighted by atomic mass is 9.89. The molecule has 2 N–H and O–H groups in total. The van der Waals surface area contributed by atoms with E-state index in [9.17, 15) is 9.18 Å². The fourth-order valence-electron chi connectivity index (χ4n) is 3.58. The van der Waals surface area contributed by atoms with Crippen LogP contribution in [0.2, 0.25) is 0 Å². The Bertz CT molecular complexity index is 477. The Kier molecular flexibility index (Phi) is 3.40. The van der Waals surface area contributed by atoms with E-state index in [1.54, 1.807) is 18.2 Å². The van der Waals surface area contributed by atoms with Crippen LogP contribution in [0, 0.1) is 23.6 Å². The van der Waals surface area contributed by atoms with Crippen molar-refractivity contribution in [1.29, 1.82) is 0 Å². The molecule has 1 aromatic carbocycles. The Labute approximate surface area is 112 Å². The quantitative estimate of drug-likeness (QED) is 0.861. The second-order valence-corrected chi connectivity index (χ2v) is 5.75. The standard InChI is InChI=1S/C15H19FN2O/c16-13-3-1-2-4-14(13)18-15(19)17-9-12-8-10-5-6-11(12)7-10/h1-4,10-12H,5-9H2,(H2,17,18,19)/t10-,11-,12+/m0/s1. The van der Waals surface area contributed by atoms with Crippen molar-refractivity contribution in [3.05, 3.63) is 30.1 Å². The van der Waals surface area contributed by atoms with Gasteiger partial charge in [0.2, 0.25) is 0 Å². The molecular weight excluding hydrogens is 243 g/mol. The minimum absolute atomic E-state index is 0.230. The summed E-state index contributed by atoms with van der Waals surface area (Å²) in [6.07, 6.45) is 5.25. The number of anilines is 1. The number of hydrogen-bond donors (Lipinski definition) is 2. The highest BCUT2D eigenvalue weighted by Gasteiger charge is 2.39. The Hall–Kier alpha value is -1.58. The van der Waals surface area contributed by atoms with Crippen molar-refractivity contribution in [2.75, 3.05) is 11.9 Å². The summed E-state index contributed by atoms with van der Waals surface area (Å²) in [6, 6.07) is 5.90. The van der Waals surface area contributed by atoms with Crippen molar-refractivity contribution in [1.82, 2.24) is 5.32 Å². The monoisotopic (exact) mass is 262 g/mol. The second kappa shape index (κ2) is 5.19. The molecule has 2 bridgehead atoms. The van der Waals surface area contributed by atoms with Crippen LogP contribution in [0.3, 0.4) is 0 Å². The van der Waals surface area contributed by atoms with Gasteiger partial charge in [0.25, 0.3) is 0 Å². The van der Waals surface area contributed by atoms with Crippen molar-refractivity contribution in [2.24, 2.45) is 17.8 Å². The first-order valence-electron chi connectivity index (χ1n) is 7.02. The summed E-state index contributed by atoms with van der Waals surface area (Å²) in [5, 5.41) is 5.42. The van der Waals surface area contributed by atoms with E-state index in [1.165, 1.54) is 31.7 Å². The smallest absolute Gasteiger partial charge is 0.319 e. The lowest BCUT2D eigenvalue weighted by molar-refractivity contribution is 0.245. The van der Waals surface area contributed by atoms with Gasteiger partial charge in [-0.05, 0) is 49.1 Å². The molecule has 0 unspecified atom stereocenters. The summed E-state index contributed by atoms with van der Waals surface area (Å²) < 4.78 is 13.4. The third kappa shape index (κ3) is 2.72. The van der Waals surface area contributed by atoms with Crippen LogP contribution in [0.15, 0.2) is 24.3 Å². The number of carbonyl (C=O) groups is 1. The highest BCUT2D eigenvalue weighted by Crippen LogP contribution is 2.47. The Morgan fingerprint density at radius 1 is 1.26 bits per heavy atom. The number of amides is 2. The number of benzene rings is 1. The summed E-state index contributed by atoms with van der Waals surface area (Å²) >= 11 is 0. The molecule has 3 rings (SSSR count). The Morgan fingerprint density at radius 3 is 2.79 bits per heavy atom. The molecule has 19 heavy (non-hydrogen) atoms.